The first-order valence-corrected chi connectivity index (χ1v) is 7.82. The first-order valence-electron chi connectivity index (χ1n) is 7.82. The lowest BCUT2D eigenvalue weighted by atomic mass is 9.90. The summed E-state index contributed by atoms with van der Waals surface area (Å²) in [6.07, 6.45) is 1.06. The van der Waals surface area contributed by atoms with E-state index in [0.29, 0.717) is 18.0 Å². The number of nitrogens with one attached hydrogen (secondary N) is 2. The number of carbonyl (C=O) groups is 1. The predicted octanol–water partition coefficient (Wildman–Crippen LogP) is 3.59. The van der Waals surface area contributed by atoms with Crippen LogP contribution in [0.15, 0.2) is 12.1 Å². The third-order valence-electron chi connectivity index (χ3n) is 3.52. The van der Waals surface area contributed by atoms with Crippen LogP contribution in [0.3, 0.4) is 0 Å². The van der Waals surface area contributed by atoms with Gasteiger partial charge in [-0.15, -0.1) is 0 Å². The molecule has 1 unspecified atom stereocenters. The smallest absolute Gasteiger partial charge is 0.251 e. The Morgan fingerprint density at radius 3 is 2.48 bits per heavy atom. The van der Waals surface area contributed by atoms with E-state index in [-0.39, 0.29) is 11.3 Å². The molecule has 0 spiro atoms. The molecule has 0 aromatic carbocycles. The Balaban J connectivity index is 2.99. The number of nitrogens with zero attached hydrogens (tertiary/aromatic N) is 1. The molecule has 21 heavy (non-hydrogen) atoms. The summed E-state index contributed by atoms with van der Waals surface area (Å²) in [5, 5.41) is 6.20. The lowest BCUT2D eigenvalue weighted by Gasteiger charge is -2.20. The van der Waals surface area contributed by atoms with Crippen LogP contribution in [0.25, 0.3) is 0 Å². The maximum atomic E-state index is 12.3. The van der Waals surface area contributed by atoms with E-state index in [1.54, 1.807) is 0 Å². The first kappa shape index (κ1) is 17.5. The largest absolute Gasteiger partial charge is 0.370 e. The average molecular weight is 291 g/mol. The van der Waals surface area contributed by atoms with Gasteiger partial charge in [-0.05, 0) is 25.0 Å². The Hall–Kier alpha value is -1.58. The van der Waals surface area contributed by atoms with Gasteiger partial charge in [-0.3, -0.25) is 4.79 Å². The minimum atomic E-state index is -0.0861. The molecule has 4 heteroatoms. The second kappa shape index (κ2) is 7.43. The van der Waals surface area contributed by atoms with Crippen LogP contribution in [0, 0.1) is 5.92 Å². The third kappa shape index (κ3) is 5.37. The molecule has 118 valence electrons. The molecule has 0 saturated heterocycles. The van der Waals surface area contributed by atoms with Gasteiger partial charge in [0, 0.05) is 29.8 Å². The summed E-state index contributed by atoms with van der Waals surface area (Å²) in [7, 11) is 0. The van der Waals surface area contributed by atoms with Crippen molar-refractivity contribution in [2.45, 2.75) is 53.4 Å². The van der Waals surface area contributed by atoms with Gasteiger partial charge in [0.1, 0.15) is 5.82 Å². The fourth-order valence-electron chi connectivity index (χ4n) is 1.83. The van der Waals surface area contributed by atoms with Crippen molar-refractivity contribution in [2.75, 3.05) is 18.4 Å². The molecule has 0 bridgehead atoms. The maximum Gasteiger partial charge on any atom is 0.251 e. The molecule has 1 amide bonds. The highest BCUT2D eigenvalue weighted by molar-refractivity contribution is 5.95. The van der Waals surface area contributed by atoms with Crippen LogP contribution < -0.4 is 10.6 Å². The standard InChI is InChI=1S/C17H29N3O/c1-7-12(3)11-19-16(21)13-9-14(17(4,5)6)20-15(10-13)18-8-2/h9-10,12H,7-8,11H2,1-6H3,(H,18,20)(H,19,21). The van der Waals surface area contributed by atoms with Crippen molar-refractivity contribution in [3.8, 4) is 0 Å². The molecule has 4 nitrogen and oxygen atoms in total. The van der Waals surface area contributed by atoms with Crippen molar-refractivity contribution in [1.82, 2.24) is 10.3 Å². The summed E-state index contributed by atoms with van der Waals surface area (Å²) in [4.78, 5) is 16.9. The van der Waals surface area contributed by atoms with Crippen molar-refractivity contribution in [1.29, 1.82) is 0 Å². The molecule has 1 rings (SSSR count). The van der Waals surface area contributed by atoms with Gasteiger partial charge in [0.25, 0.3) is 5.91 Å². The van der Waals surface area contributed by atoms with Crippen molar-refractivity contribution in [3.63, 3.8) is 0 Å². The minimum Gasteiger partial charge on any atom is -0.370 e. The lowest BCUT2D eigenvalue weighted by molar-refractivity contribution is 0.0947. The van der Waals surface area contributed by atoms with Gasteiger partial charge >= 0.3 is 0 Å². The zero-order chi connectivity index (χ0) is 16.0. The molecule has 0 aliphatic heterocycles. The molecule has 1 heterocycles. The molecule has 0 aliphatic rings. The van der Waals surface area contributed by atoms with Gasteiger partial charge < -0.3 is 10.6 Å². The van der Waals surface area contributed by atoms with Crippen LogP contribution in [0.1, 0.15) is 64.0 Å². The fraction of sp³-hybridized carbons (Fsp3) is 0.647. The number of rotatable bonds is 6. The minimum absolute atomic E-state index is 0.0256. The summed E-state index contributed by atoms with van der Waals surface area (Å²) in [6, 6.07) is 3.72. The molecule has 1 aromatic heterocycles. The van der Waals surface area contributed by atoms with Gasteiger partial charge in [0.05, 0.1) is 0 Å². The Kier molecular flexibility index (Phi) is 6.19. The Morgan fingerprint density at radius 1 is 1.29 bits per heavy atom. The van der Waals surface area contributed by atoms with Crippen LogP contribution in [-0.2, 0) is 5.41 Å². The van der Waals surface area contributed by atoms with Crippen molar-refractivity contribution in [3.05, 3.63) is 23.4 Å². The molecule has 0 saturated carbocycles. The summed E-state index contributed by atoms with van der Waals surface area (Å²) >= 11 is 0. The number of anilines is 1. The van der Waals surface area contributed by atoms with E-state index in [2.05, 4.69) is 50.2 Å². The second-order valence-electron chi connectivity index (χ2n) is 6.63. The number of hydrogen-bond acceptors (Lipinski definition) is 3. The fourth-order valence-corrected chi connectivity index (χ4v) is 1.83. The Bertz CT molecular complexity index is 477. The average Bonchev–Trinajstić information content (AvgIpc) is 2.43. The SMILES string of the molecule is CCNc1cc(C(=O)NCC(C)CC)cc(C(C)(C)C)n1. The molecule has 0 radical (unpaired) electrons. The molecule has 1 aromatic rings. The van der Waals surface area contributed by atoms with E-state index in [4.69, 9.17) is 0 Å². The van der Waals surface area contributed by atoms with Crippen LogP contribution >= 0.6 is 0 Å². The van der Waals surface area contributed by atoms with Crippen molar-refractivity contribution < 1.29 is 4.79 Å². The number of pyridine rings is 1. The zero-order valence-electron chi connectivity index (χ0n) is 14.2. The summed E-state index contributed by atoms with van der Waals surface area (Å²) in [5.74, 6) is 1.23. The molecule has 1 atom stereocenters. The quantitative estimate of drug-likeness (QED) is 0.842. The van der Waals surface area contributed by atoms with Gasteiger partial charge in [-0.2, -0.15) is 0 Å². The Labute approximate surface area is 128 Å². The van der Waals surface area contributed by atoms with Gasteiger partial charge in [0.15, 0.2) is 0 Å². The predicted molar refractivity (Wildman–Crippen MR) is 88.9 cm³/mol. The number of amides is 1. The van der Waals surface area contributed by atoms with Crippen LogP contribution in [0.4, 0.5) is 5.82 Å². The number of carbonyl (C=O) groups excluding carboxylic acids is 1. The highest BCUT2D eigenvalue weighted by Crippen LogP contribution is 2.23. The maximum absolute atomic E-state index is 12.3. The van der Waals surface area contributed by atoms with E-state index >= 15 is 0 Å². The molecule has 0 aliphatic carbocycles. The van der Waals surface area contributed by atoms with E-state index in [0.717, 1.165) is 24.5 Å². The van der Waals surface area contributed by atoms with Crippen LogP contribution in [0.5, 0.6) is 0 Å². The third-order valence-corrected chi connectivity index (χ3v) is 3.52. The monoisotopic (exact) mass is 291 g/mol. The van der Waals surface area contributed by atoms with Crippen LogP contribution in [-0.4, -0.2) is 24.0 Å². The topological polar surface area (TPSA) is 54.0 Å². The number of aromatic nitrogens is 1. The molecular weight excluding hydrogens is 262 g/mol. The highest BCUT2D eigenvalue weighted by Gasteiger charge is 2.19. The zero-order valence-corrected chi connectivity index (χ0v) is 14.2. The van der Waals surface area contributed by atoms with Gasteiger partial charge in [-0.25, -0.2) is 4.98 Å². The first-order chi connectivity index (χ1) is 9.77. The number of hydrogen-bond donors (Lipinski definition) is 2. The molecule has 2 N–H and O–H groups in total. The second-order valence-corrected chi connectivity index (χ2v) is 6.63. The van der Waals surface area contributed by atoms with Crippen LogP contribution in [0.2, 0.25) is 0 Å². The van der Waals surface area contributed by atoms with Gasteiger partial charge in [-0.1, -0.05) is 41.0 Å². The van der Waals surface area contributed by atoms with E-state index < -0.39 is 0 Å². The highest BCUT2D eigenvalue weighted by atomic mass is 16.1. The summed E-state index contributed by atoms with van der Waals surface area (Å²) < 4.78 is 0. The normalized spacial score (nSPS) is 12.9. The molecule has 0 fully saturated rings. The van der Waals surface area contributed by atoms with Crippen molar-refractivity contribution >= 4 is 11.7 Å². The Morgan fingerprint density at radius 2 is 1.95 bits per heavy atom. The molecular formula is C17H29N3O. The summed E-state index contributed by atoms with van der Waals surface area (Å²) in [6.45, 7) is 14.1. The van der Waals surface area contributed by atoms with Gasteiger partial charge in [0.2, 0.25) is 0 Å². The van der Waals surface area contributed by atoms with E-state index in [1.807, 2.05) is 19.1 Å². The van der Waals surface area contributed by atoms with Crippen molar-refractivity contribution in [2.24, 2.45) is 5.92 Å². The van der Waals surface area contributed by atoms with E-state index in [1.165, 1.54) is 0 Å². The summed E-state index contributed by atoms with van der Waals surface area (Å²) in [5.41, 5.74) is 1.51. The van der Waals surface area contributed by atoms with E-state index in [9.17, 15) is 4.79 Å². The lowest BCUT2D eigenvalue weighted by Crippen LogP contribution is -2.29.